The van der Waals surface area contributed by atoms with E-state index in [1.807, 2.05) is 9.58 Å². The van der Waals surface area contributed by atoms with Crippen LogP contribution >= 0.6 is 0 Å². The van der Waals surface area contributed by atoms with Gasteiger partial charge in [-0.25, -0.2) is 4.68 Å². The van der Waals surface area contributed by atoms with E-state index in [9.17, 15) is 4.79 Å². The van der Waals surface area contributed by atoms with Gasteiger partial charge in [0, 0.05) is 52.2 Å². The molecule has 3 heterocycles. The minimum absolute atomic E-state index is 0.204. The zero-order chi connectivity index (χ0) is 17.4. The van der Waals surface area contributed by atoms with Gasteiger partial charge < -0.3 is 4.90 Å². The van der Waals surface area contributed by atoms with Crippen molar-refractivity contribution in [3.8, 4) is 0 Å². The number of likely N-dealkylation sites (tertiary alicyclic amines) is 1. The van der Waals surface area contributed by atoms with Crippen LogP contribution in [0.4, 0.5) is 0 Å². The van der Waals surface area contributed by atoms with Crippen molar-refractivity contribution in [2.45, 2.75) is 51.7 Å². The summed E-state index contributed by atoms with van der Waals surface area (Å²) >= 11 is 0. The van der Waals surface area contributed by atoms with Crippen LogP contribution in [0.1, 0.15) is 45.0 Å². The molecule has 1 saturated carbocycles. The molecule has 8 nitrogen and oxygen atoms in total. The van der Waals surface area contributed by atoms with Crippen molar-refractivity contribution in [1.29, 1.82) is 0 Å². The van der Waals surface area contributed by atoms with E-state index in [2.05, 4.69) is 32.2 Å². The molecular weight excluding hydrogens is 318 g/mol. The maximum atomic E-state index is 11.6. The van der Waals surface area contributed by atoms with Crippen molar-refractivity contribution in [2.75, 3.05) is 39.3 Å². The molecule has 0 bridgehead atoms. The van der Waals surface area contributed by atoms with Crippen molar-refractivity contribution < 1.29 is 4.79 Å². The van der Waals surface area contributed by atoms with Crippen molar-refractivity contribution in [2.24, 2.45) is 5.92 Å². The Morgan fingerprint density at radius 2 is 2.00 bits per heavy atom. The molecule has 0 N–H and O–H groups in total. The molecule has 138 valence electrons. The predicted molar refractivity (Wildman–Crippen MR) is 92.8 cm³/mol. The highest BCUT2D eigenvalue weighted by molar-refractivity contribution is 5.73. The predicted octanol–water partition coefficient (Wildman–Crippen LogP) is 0.383. The zero-order valence-corrected chi connectivity index (χ0v) is 15.3. The number of carbonyl (C=O) groups excluding carboxylic acids is 1. The Morgan fingerprint density at radius 1 is 1.16 bits per heavy atom. The average molecular weight is 347 g/mol. The monoisotopic (exact) mass is 347 g/mol. The van der Waals surface area contributed by atoms with Gasteiger partial charge in [0.05, 0.1) is 12.6 Å². The second-order valence-corrected chi connectivity index (χ2v) is 7.91. The molecule has 1 aliphatic carbocycles. The van der Waals surface area contributed by atoms with E-state index in [0.29, 0.717) is 18.0 Å². The first-order valence-electron chi connectivity index (χ1n) is 9.60. The van der Waals surface area contributed by atoms with Crippen LogP contribution in [-0.4, -0.2) is 86.1 Å². The lowest BCUT2D eigenvalue weighted by Crippen LogP contribution is -2.43. The maximum Gasteiger partial charge on any atom is 0.219 e. The molecule has 2 aliphatic heterocycles. The summed E-state index contributed by atoms with van der Waals surface area (Å²) in [5, 5.41) is 12.3. The maximum absolute atomic E-state index is 11.6. The zero-order valence-electron chi connectivity index (χ0n) is 15.3. The van der Waals surface area contributed by atoms with Gasteiger partial charge in [0.25, 0.3) is 0 Å². The van der Waals surface area contributed by atoms with Gasteiger partial charge in [-0.2, -0.15) is 0 Å². The van der Waals surface area contributed by atoms with E-state index in [4.69, 9.17) is 0 Å². The first kappa shape index (κ1) is 16.9. The number of nitrogens with zero attached hydrogens (tertiary/aromatic N) is 7. The second-order valence-electron chi connectivity index (χ2n) is 7.91. The SMILES string of the molecule is CC(=O)N1CCCN([C@H]2CN(Cc3nnnn3C3CC3)C[C@H]2C)CC1. The summed E-state index contributed by atoms with van der Waals surface area (Å²) < 4.78 is 2.02. The molecule has 0 unspecified atom stereocenters. The highest BCUT2D eigenvalue weighted by Gasteiger charge is 2.36. The van der Waals surface area contributed by atoms with Crippen LogP contribution in [0.3, 0.4) is 0 Å². The third-order valence-electron chi connectivity index (χ3n) is 5.91. The molecule has 3 aliphatic rings. The number of hydrogen-bond acceptors (Lipinski definition) is 6. The van der Waals surface area contributed by atoms with Crippen LogP contribution in [-0.2, 0) is 11.3 Å². The van der Waals surface area contributed by atoms with Gasteiger partial charge in [0.1, 0.15) is 0 Å². The van der Waals surface area contributed by atoms with E-state index >= 15 is 0 Å². The van der Waals surface area contributed by atoms with Crippen LogP contribution < -0.4 is 0 Å². The smallest absolute Gasteiger partial charge is 0.219 e. The molecule has 4 rings (SSSR count). The fraction of sp³-hybridized carbons (Fsp3) is 0.882. The number of tetrazole rings is 1. The van der Waals surface area contributed by atoms with Crippen LogP contribution in [0.2, 0.25) is 0 Å². The Labute approximate surface area is 149 Å². The van der Waals surface area contributed by atoms with Crippen molar-refractivity contribution in [3.05, 3.63) is 5.82 Å². The third kappa shape index (κ3) is 3.69. The number of amides is 1. The second kappa shape index (κ2) is 6.99. The molecule has 0 radical (unpaired) electrons. The number of hydrogen-bond donors (Lipinski definition) is 0. The Hall–Kier alpha value is -1.54. The normalized spacial score (nSPS) is 29.1. The number of aromatic nitrogens is 4. The van der Waals surface area contributed by atoms with E-state index in [0.717, 1.165) is 58.1 Å². The van der Waals surface area contributed by atoms with E-state index < -0.39 is 0 Å². The molecule has 3 fully saturated rings. The first-order chi connectivity index (χ1) is 12.1. The standard InChI is InChI=1S/C17H29N7O/c1-13-10-21(12-17-18-19-20-24(17)15-4-5-15)11-16(13)23-7-3-6-22(8-9-23)14(2)25/h13,15-16H,3-12H2,1-2H3/t13-,16+/m1/s1. The summed E-state index contributed by atoms with van der Waals surface area (Å²) in [5.74, 6) is 1.85. The Balaban J connectivity index is 1.36. The largest absolute Gasteiger partial charge is 0.342 e. The molecule has 1 aromatic rings. The van der Waals surface area contributed by atoms with E-state index in [1.54, 1.807) is 6.92 Å². The minimum Gasteiger partial charge on any atom is -0.342 e. The van der Waals surface area contributed by atoms with Gasteiger partial charge in [0.2, 0.25) is 5.91 Å². The molecule has 8 heteroatoms. The number of rotatable bonds is 4. The fourth-order valence-corrected chi connectivity index (χ4v) is 4.36. The lowest BCUT2D eigenvalue weighted by Gasteiger charge is -2.30. The Morgan fingerprint density at radius 3 is 2.76 bits per heavy atom. The van der Waals surface area contributed by atoms with Crippen LogP contribution in [0.25, 0.3) is 0 Å². The van der Waals surface area contributed by atoms with Gasteiger partial charge in [-0.05, 0) is 35.6 Å². The third-order valence-corrected chi connectivity index (χ3v) is 5.91. The molecule has 0 aromatic carbocycles. The molecule has 25 heavy (non-hydrogen) atoms. The van der Waals surface area contributed by atoms with Crippen molar-refractivity contribution in [3.63, 3.8) is 0 Å². The van der Waals surface area contributed by atoms with Gasteiger partial charge in [-0.1, -0.05) is 6.92 Å². The molecule has 1 aromatic heterocycles. The summed E-state index contributed by atoms with van der Waals surface area (Å²) in [7, 11) is 0. The Bertz CT molecular complexity index is 614. The highest BCUT2D eigenvalue weighted by atomic mass is 16.2. The van der Waals surface area contributed by atoms with Crippen LogP contribution in [0.5, 0.6) is 0 Å². The summed E-state index contributed by atoms with van der Waals surface area (Å²) in [5.41, 5.74) is 0. The number of carbonyl (C=O) groups is 1. The molecule has 1 amide bonds. The fourth-order valence-electron chi connectivity index (χ4n) is 4.36. The van der Waals surface area contributed by atoms with Gasteiger partial charge in [-0.3, -0.25) is 14.6 Å². The summed E-state index contributed by atoms with van der Waals surface area (Å²) in [6, 6.07) is 1.10. The first-order valence-corrected chi connectivity index (χ1v) is 9.60. The lowest BCUT2D eigenvalue weighted by atomic mass is 10.0. The lowest BCUT2D eigenvalue weighted by molar-refractivity contribution is -0.128. The molecule has 0 spiro atoms. The van der Waals surface area contributed by atoms with E-state index in [1.165, 1.54) is 12.8 Å². The quantitative estimate of drug-likeness (QED) is 0.784. The van der Waals surface area contributed by atoms with Gasteiger partial charge in [0.15, 0.2) is 5.82 Å². The van der Waals surface area contributed by atoms with Gasteiger partial charge in [-0.15, -0.1) is 5.10 Å². The van der Waals surface area contributed by atoms with Crippen molar-refractivity contribution >= 4 is 5.91 Å². The summed E-state index contributed by atoms with van der Waals surface area (Å²) in [6.07, 6.45) is 3.48. The topological polar surface area (TPSA) is 70.4 Å². The van der Waals surface area contributed by atoms with Crippen LogP contribution in [0, 0.1) is 5.92 Å². The summed E-state index contributed by atoms with van der Waals surface area (Å²) in [4.78, 5) is 18.7. The average Bonchev–Trinajstić information content (AvgIpc) is 3.29. The Kier molecular flexibility index (Phi) is 4.73. The molecular formula is C17H29N7O. The minimum atomic E-state index is 0.204. The van der Waals surface area contributed by atoms with Crippen LogP contribution in [0.15, 0.2) is 0 Å². The highest BCUT2D eigenvalue weighted by Crippen LogP contribution is 2.35. The molecule has 2 atom stereocenters. The van der Waals surface area contributed by atoms with Gasteiger partial charge >= 0.3 is 0 Å². The van der Waals surface area contributed by atoms with E-state index in [-0.39, 0.29) is 5.91 Å². The summed E-state index contributed by atoms with van der Waals surface area (Å²) in [6.45, 7) is 10.9. The van der Waals surface area contributed by atoms with Crippen molar-refractivity contribution in [1.82, 2.24) is 34.9 Å². The molecule has 2 saturated heterocycles.